The van der Waals surface area contributed by atoms with Gasteiger partial charge in [-0.25, -0.2) is 9.37 Å². The van der Waals surface area contributed by atoms with Gasteiger partial charge < -0.3 is 5.32 Å². The summed E-state index contributed by atoms with van der Waals surface area (Å²) in [5.41, 5.74) is 4.31. The number of halogens is 1. The van der Waals surface area contributed by atoms with Crippen LogP contribution in [0, 0.1) is 12.7 Å². The van der Waals surface area contributed by atoms with Gasteiger partial charge >= 0.3 is 0 Å². The van der Waals surface area contributed by atoms with Gasteiger partial charge in [0.1, 0.15) is 5.82 Å². The lowest BCUT2D eigenvalue weighted by Crippen LogP contribution is -2.25. The Morgan fingerprint density at radius 1 is 1.30 bits per heavy atom. The highest BCUT2D eigenvalue weighted by molar-refractivity contribution is 6.06. The number of rotatable bonds is 6. The number of aryl methyl sites for hydroxylation is 3. The first kappa shape index (κ1) is 17.6. The molecule has 2 aromatic heterocycles. The number of carbonyl (C=O) groups is 1. The predicted octanol–water partition coefficient (Wildman–Crippen LogP) is 3.66. The highest BCUT2D eigenvalue weighted by atomic mass is 19.1. The molecule has 0 unspecified atom stereocenters. The van der Waals surface area contributed by atoms with Crippen molar-refractivity contribution in [2.45, 2.75) is 38.5 Å². The minimum atomic E-state index is -0.230. The summed E-state index contributed by atoms with van der Waals surface area (Å²) in [6.45, 7) is 2.48. The third-order valence-corrected chi connectivity index (χ3v) is 5.07. The minimum Gasteiger partial charge on any atom is -0.352 e. The fourth-order valence-corrected chi connectivity index (χ4v) is 3.47. The summed E-state index contributed by atoms with van der Waals surface area (Å²) in [6, 6.07) is 8.43. The first-order valence-electron chi connectivity index (χ1n) is 9.40. The minimum absolute atomic E-state index is 0.0838. The molecule has 1 saturated carbocycles. The van der Waals surface area contributed by atoms with Gasteiger partial charge in [-0.2, -0.15) is 5.10 Å². The fourth-order valence-electron chi connectivity index (χ4n) is 3.47. The van der Waals surface area contributed by atoms with Crippen molar-refractivity contribution in [3.05, 3.63) is 58.7 Å². The number of aromatic nitrogens is 3. The van der Waals surface area contributed by atoms with E-state index in [-0.39, 0.29) is 11.7 Å². The van der Waals surface area contributed by atoms with Gasteiger partial charge in [0.2, 0.25) is 0 Å². The molecule has 27 heavy (non-hydrogen) atoms. The monoisotopic (exact) mass is 366 g/mol. The maximum Gasteiger partial charge on any atom is 0.252 e. The zero-order valence-electron chi connectivity index (χ0n) is 15.6. The molecule has 0 saturated heterocycles. The molecule has 0 bridgehead atoms. The first-order valence-corrected chi connectivity index (χ1v) is 9.40. The van der Waals surface area contributed by atoms with Crippen LogP contribution in [0.4, 0.5) is 4.39 Å². The van der Waals surface area contributed by atoms with Crippen LogP contribution in [0.2, 0.25) is 0 Å². The van der Waals surface area contributed by atoms with Crippen LogP contribution in [0.1, 0.15) is 52.5 Å². The number of pyridine rings is 1. The van der Waals surface area contributed by atoms with Crippen molar-refractivity contribution in [2.75, 3.05) is 6.54 Å². The zero-order valence-corrected chi connectivity index (χ0v) is 15.6. The van der Waals surface area contributed by atoms with E-state index in [9.17, 15) is 9.18 Å². The molecular weight excluding hydrogens is 343 g/mol. The molecule has 140 valence electrons. The number of hydrogen-bond donors (Lipinski definition) is 1. The Balaban J connectivity index is 1.47. The number of nitrogens with one attached hydrogen (secondary N) is 1. The Morgan fingerprint density at radius 2 is 2.04 bits per heavy atom. The van der Waals surface area contributed by atoms with Gasteiger partial charge in [0.05, 0.1) is 16.6 Å². The average molecular weight is 366 g/mol. The second kappa shape index (κ2) is 7.10. The Hall–Kier alpha value is -2.76. The molecule has 3 aromatic rings. The number of amides is 1. The van der Waals surface area contributed by atoms with Crippen molar-refractivity contribution in [1.82, 2.24) is 20.1 Å². The lowest BCUT2D eigenvalue weighted by atomic mass is 10.1. The highest BCUT2D eigenvalue weighted by Crippen LogP contribution is 2.40. The van der Waals surface area contributed by atoms with Crippen LogP contribution in [0.25, 0.3) is 11.0 Å². The SMILES string of the molecule is Cc1nn(C)c2nc(C3CC3)cc(C(=O)NCCCc3ccc(F)cc3)c12. The molecule has 1 fully saturated rings. The van der Waals surface area contributed by atoms with Crippen molar-refractivity contribution in [3.63, 3.8) is 0 Å². The number of nitrogens with zero attached hydrogens (tertiary/aromatic N) is 3. The predicted molar refractivity (Wildman–Crippen MR) is 102 cm³/mol. The van der Waals surface area contributed by atoms with Gasteiger partial charge in [0.15, 0.2) is 5.65 Å². The van der Waals surface area contributed by atoms with Crippen molar-refractivity contribution >= 4 is 16.9 Å². The van der Waals surface area contributed by atoms with Gasteiger partial charge in [-0.05, 0) is 56.4 Å². The molecule has 2 heterocycles. The summed E-state index contributed by atoms with van der Waals surface area (Å²) in [4.78, 5) is 17.6. The molecule has 0 aliphatic heterocycles. The molecule has 1 N–H and O–H groups in total. The first-order chi connectivity index (χ1) is 13.0. The van der Waals surface area contributed by atoms with Crippen molar-refractivity contribution in [1.29, 1.82) is 0 Å². The fraction of sp³-hybridized carbons (Fsp3) is 0.381. The van der Waals surface area contributed by atoms with E-state index in [4.69, 9.17) is 4.98 Å². The molecule has 1 aliphatic carbocycles. The summed E-state index contributed by atoms with van der Waals surface area (Å²) in [5, 5.41) is 8.29. The molecule has 0 spiro atoms. The smallest absolute Gasteiger partial charge is 0.252 e. The van der Waals surface area contributed by atoms with E-state index in [1.807, 2.05) is 20.0 Å². The Kier molecular flexibility index (Phi) is 4.64. The second-order valence-corrected chi connectivity index (χ2v) is 7.26. The Labute approximate surface area is 157 Å². The molecular formula is C21H23FN4O. The zero-order chi connectivity index (χ0) is 19.0. The summed E-state index contributed by atoms with van der Waals surface area (Å²) in [7, 11) is 1.86. The summed E-state index contributed by atoms with van der Waals surface area (Å²) >= 11 is 0. The van der Waals surface area contributed by atoms with Gasteiger partial charge in [0.25, 0.3) is 5.91 Å². The Bertz CT molecular complexity index is 990. The number of fused-ring (bicyclic) bond motifs is 1. The van der Waals surface area contributed by atoms with Crippen LogP contribution >= 0.6 is 0 Å². The topological polar surface area (TPSA) is 59.8 Å². The Morgan fingerprint density at radius 3 is 2.74 bits per heavy atom. The quantitative estimate of drug-likeness (QED) is 0.678. The molecule has 1 aromatic carbocycles. The molecule has 0 radical (unpaired) electrons. The molecule has 1 amide bonds. The summed E-state index contributed by atoms with van der Waals surface area (Å²) < 4.78 is 14.7. The van der Waals surface area contributed by atoms with Crippen molar-refractivity contribution in [3.8, 4) is 0 Å². The van der Waals surface area contributed by atoms with E-state index in [1.54, 1.807) is 16.8 Å². The number of hydrogen-bond acceptors (Lipinski definition) is 3. The second-order valence-electron chi connectivity index (χ2n) is 7.26. The molecule has 6 heteroatoms. The van der Waals surface area contributed by atoms with Gasteiger partial charge in [0, 0.05) is 25.2 Å². The van der Waals surface area contributed by atoms with Crippen LogP contribution in [0.3, 0.4) is 0 Å². The van der Waals surface area contributed by atoms with Crippen molar-refractivity contribution < 1.29 is 9.18 Å². The van der Waals surface area contributed by atoms with Crippen LogP contribution < -0.4 is 5.32 Å². The lowest BCUT2D eigenvalue weighted by molar-refractivity contribution is 0.0954. The van der Waals surface area contributed by atoms with Crippen LogP contribution in [-0.2, 0) is 13.5 Å². The average Bonchev–Trinajstić information content (AvgIpc) is 3.46. The van der Waals surface area contributed by atoms with Crippen LogP contribution in [0.15, 0.2) is 30.3 Å². The highest BCUT2D eigenvalue weighted by Gasteiger charge is 2.28. The number of carbonyl (C=O) groups excluding carboxylic acids is 1. The third kappa shape index (κ3) is 3.70. The van der Waals surface area contributed by atoms with E-state index in [2.05, 4.69) is 10.4 Å². The van der Waals surface area contributed by atoms with Gasteiger partial charge in [-0.15, -0.1) is 0 Å². The largest absolute Gasteiger partial charge is 0.352 e. The maximum atomic E-state index is 13.0. The van der Waals surface area contributed by atoms with E-state index < -0.39 is 0 Å². The van der Waals surface area contributed by atoms with Gasteiger partial charge in [-0.1, -0.05) is 12.1 Å². The van der Waals surface area contributed by atoms with Crippen molar-refractivity contribution in [2.24, 2.45) is 7.05 Å². The molecule has 1 aliphatic rings. The summed E-state index contributed by atoms with van der Waals surface area (Å²) in [5.74, 6) is 0.154. The van der Waals surface area contributed by atoms with Crippen LogP contribution in [-0.4, -0.2) is 27.2 Å². The summed E-state index contributed by atoms with van der Waals surface area (Å²) in [6.07, 6.45) is 3.86. The maximum absolute atomic E-state index is 13.0. The van der Waals surface area contributed by atoms with E-state index >= 15 is 0 Å². The van der Waals surface area contributed by atoms with E-state index in [0.717, 1.165) is 53.7 Å². The standard InChI is InChI=1S/C21H23FN4O/c1-13-19-17(12-18(15-7-8-15)24-20(19)26(2)25-13)21(27)23-11-3-4-14-5-9-16(22)10-6-14/h5-6,9-10,12,15H,3-4,7-8,11H2,1-2H3,(H,23,27). The lowest BCUT2D eigenvalue weighted by Gasteiger charge is -2.09. The molecule has 5 nitrogen and oxygen atoms in total. The number of benzene rings is 1. The van der Waals surface area contributed by atoms with E-state index in [1.165, 1.54) is 12.1 Å². The molecule has 0 atom stereocenters. The van der Waals surface area contributed by atoms with E-state index in [0.29, 0.717) is 18.0 Å². The van der Waals surface area contributed by atoms with Crippen LogP contribution in [0.5, 0.6) is 0 Å². The molecule has 4 rings (SSSR count). The normalized spacial score (nSPS) is 13.9. The third-order valence-electron chi connectivity index (χ3n) is 5.07. The van der Waals surface area contributed by atoms with Gasteiger partial charge in [-0.3, -0.25) is 9.48 Å².